The van der Waals surface area contributed by atoms with Crippen molar-refractivity contribution in [1.29, 1.82) is 0 Å². The lowest BCUT2D eigenvalue weighted by Gasteiger charge is -2.15. The summed E-state index contributed by atoms with van der Waals surface area (Å²) in [6.07, 6.45) is -0.118. The van der Waals surface area contributed by atoms with E-state index < -0.39 is 93.9 Å². The molecule has 0 N–H and O–H groups in total. The van der Waals surface area contributed by atoms with E-state index in [-0.39, 0.29) is 0 Å². The van der Waals surface area contributed by atoms with E-state index in [1.165, 1.54) is 0 Å². The number of benzene rings is 2. The zero-order valence-electron chi connectivity index (χ0n) is 15.0. The van der Waals surface area contributed by atoms with Gasteiger partial charge in [0.05, 0.1) is 0 Å². The van der Waals surface area contributed by atoms with Crippen molar-refractivity contribution in [2.45, 2.75) is 6.42 Å². The lowest BCUT2D eigenvalue weighted by Crippen LogP contribution is -2.32. The third kappa shape index (κ3) is 4.24. The average molecular weight is 476 g/mol. The third-order valence-corrected chi connectivity index (χ3v) is 3.72. The molecule has 0 aliphatic heterocycles. The molecule has 0 saturated heterocycles. The Morgan fingerprint density at radius 3 is 1.09 bits per heavy atom. The van der Waals surface area contributed by atoms with Gasteiger partial charge in [0.25, 0.3) is 0 Å². The fraction of sp³-hybridized carbons (Fsp3) is 0.111. The number of carbonyl (C=O) groups excluding carboxylic acids is 2. The van der Waals surface area contributed by atoms with E-state index in [1.54, 1.807) is 0 Å². The van der Waals surface area contributed by atoms with Crippen LogP contribution >= 0.6 is 0 Å². The Labute approximate surface area is 170 Å². The normalized spacial score (nSPS) is 11.0. The highest BCUT2D eigenvalue weighted by Crippen LogP contribution is 2.32. The maximum atomic E-state index is 13.6. The van der Waals surface area contributed by atoms with Crippen molar-refractivity contribution in [2.75, 3.05) is 0 Å². The molecule has 0 heterocycles. The number of halogens is 10. The van der Waals surface area contributed by atoms with Crippen LogP contribution in [0.25, 0.3) is 0 Å². The van der Waals surface area contributed by atoms with Crippen LogP contribution in [0.3, 0.4) is 0 Å². The SMILES string of the molecule is C=CCC(C(=O)Oc1c(F)c(F)c(F)c(F)c1F)C(=O)Oc1c(F)c(F)c(F)c(F)c1F. The van der Waals surface area contributed by atoms with Gasteiger partial charge >= 0.3 is 11.9 Å². The molecule has 2 aromatic rings. The lowest BCUT2D eigenvalue weighted by atomic mass is 10.1. The Kier molecular flexibility index (Phi) is 7.16. The van der Waals surface area contributed by atoms with Gasteiger partial charge in [-0.25, -0.2) is 26.3 Å². The second-order valence-corrected chi connectivity index (χ2v) is 5.72. The van der Waals surface area contributed by atoms with Crippen LogP contribution in [-0.4, -0.2) is 11.9 Å². The molecular weight excluding hydrogens is 470 g/mol. The van der Waals surface area contributed by atoms with Gasteiger partial charge in [-0.15, -0.1) is 6.58 Å². The van der Waals surface area contributed by atoms with Crippen molar-refractivity contribution in [3.63, 3.8) is 0 Å². The highest BCUT2D eigenvalue weighted by Gasteiger charge is 2.36. The van der Waals surface area contributed by atoms with Crippen molar-refractivity contribution in [3.05, 3.63) is 70.8 Å². The first kappa shape index (κ1) is 24.7. The summed E-state index contributed by atoms with van der Waals surface area (Å²) in [5.74, 6) is -36.4. The van der Waals surface area contributed by atoms with E-state index >= 15 is 0 Å². The number of esters is 2. The number of carbonyl (C=O) groups is 2. The summed E-state index contributed by atoms with van der Waals surface area (Å²) in [7, 11) is 0. The van der Waals surface area contributed by atoms with Crippen LogP contribution < -0.4 is 9.47 Å². The van der Waals surface area contributed by atoms with Gasteiger partial charge in [-0.2, -0.15) is 17.6 Å². The molecule has 14 heteroatoms. The van der Waals surface area contributed by atoms with Crippen LogP contribution in [0.4, 0.5) is 43.9 Å². The molecule has 0 amide bonds. The summed E-state index contributed by atoms with van der Waals surface area (Å²) in [6.45, 7) is 3.08. The zero-order chi connectivity index (χ0) is 24.5. The lowest BCUT2D eigenvalue weighted by molar-refractivity contribution is -0.151. The highest BCUT2D eigenvalue weighted by molar-refractivity contribution is 5.97. The molecule has 0 unspecified atom stereocenters. The molecule has 172 valence electrons. The molecule has 4 nitrogen and oxygen atoms in total. The molecule has 0 spiro atoms. The minimum atomic E-state index is -2.59. The number of ether oxygens (including phenoxy) is 2. The summed E-state index contributed by atoms with van der Waals surface area (Å²) >= 11 is 0. The minimum absolute atomic E-state index is 0.754. The largest absolute Gasteiger partial charge is 0.419 e. The van der Waals surface area contributed by atoms with Crippen molar-refractivity contribution in [3.8, 4) is 11.5 Å². The third-order valence-electron chi connectivity index (χ3n) is 3.72. The van der Waals surface area contributed by atoms with E-state index in [0.29, 0.717) is 0 Å². The predicted octanol–water partition coefficient (Wildman–Crippen LogP) is 4.78. The molecule has 0 fully saturated rings. The van der Waals surface area contributed by atoms with Gasteiger partial charge in [0.15, 0.2) is 5.92 Å². The Morgan fingerprint density at radius 1 is 0.594 bits per heavy atom. The topological polar surface area (TPSA) is 52.6 Å². The van der Waals surface area contributed by atoms with Gasteiger partial charge < -0.3 is 9.47 Å². The van der Waals surface area contributed by atoms with Crippen LogP contribution in [-0.2, 0) is 9.59 Å². The second kappa shape index (κ2) is 9.28. The standard InChI is InChI=1S/C18H6F10O4/c1-2-3-4(17(29)31-15-11(25)7(21)5(19)8(22)12(15)26)18(30)32-16-13(27)9(23)6(20)10(24)14(16)28/h2,4H,1,3H2. The molecule has 0 bridgehead atoms. The molecule has 32 heavy (non-hydrogen) atoms. The first-order valence-electron chi connectivity index (χ1n) is 7.92. The first-order chi connectivity index (χ1) is 14.8. The first-order valence-corrected chi connectivity index (χ1v) is 7.92. The van der Waals surface area contributed by atoms with E-state index in [4.69, 9.17) is 0 Å². The maximum absolute atomic E-state index is 13.6. The highest BCUT2D eigenvalue weighted by atomic mass is 19.2. The Balaban J connectivity index is 2.41. The van der Waals surface area contributed by atoms with Gasteiger partial charge in [0.2, 0.25) is 69.7 Å². The zero-order valence-corrected chi connectivity index (χ0v) is 15.0. The molecule has 0 saturated carbocycles. The van der Waals surface area contributed by atoms with Crippen LogP contribution in [0.5, 0.6) is 11.5 Å². The van der Waals surface area contributed by atoms with E-state index in [9.17, 15) is 53.5 Å². The van der Waals surface area contributed by atoms with Crippen molar-refractivity contribution in [2.24, 2.45) is 5.92 Å². The average Bonchev–Trinajstić information content (AvgIpc) is 2.77. The number of hydrogen-bond donors (Lipinski definition) is 0. The minimum Gasteiger partial charge on any atom is -0.419 e. The Bertz CT molecular complexity index is 990. The second-order valence-electron chi connectivity index (χ2n) is 5.72. The monoisotopic (exact) mass is 476 g/mol. The van der Waals surface area contributed by atoms with Gasteiger partial charge in [-0.05, 0) is 6.42 Å². The summed E-state index contributed by atoms with van der Waals surface area (Å²) in [5.41, 5.74) is 0. The molecular formula is C18H6F10O4. The Hall–Kier alpha value is -3.58. The van der Waals surface area contributed by atoms with Gasteiger partial charge in [0.1, 0.15) is 0 Å². The predicted molar refractivity (Wildman–Crippen MR) is 82.0 cm³/mol. The number of allylic oxidation sites excluding steroid dienone is 1. The van der Waals surface area contributed by atoms with E-state index in [1.807, 2.05) is 0 Å². The summed E-state index contributed by atoms with van der Waals surface area (Å²) in [6, 6.07) is 0. The molecule has 0 aromatic heterocycles. The van der Waals surface area contributed by atoms with Gasteiger partial charge in [-0.1, -0.05) is 6.08 Å². The van der Waals surface area contributed by atoms with Crippen molar-refractivity contribution < 1.29 is 63.0 Å². The maximum Gasteiger partial charge on any atom is 0.326 e. The number of rotatable bonds is 6. The molecule has 2 aromatic carbocycles. The van der Waals surface area contributed by atoms with E-state index in [0.717, 1.165) is 6.08 Å². The molecule has 2 rings (SSSR count). The van der Waals surface area contributed by atoms with Crippen LogP contribution in [0, 0.1) is 64.1 Å². The molecule has 0 atom stereocenters. The fourth-order valence-electron chi connectivity index (χ4n) is 2.15. The molecule has 0 aliphatic carbocycles. The van der Waals surface area contributed by atoms with Crippen molar-refractivity contribution >= 4 is 11.9 Å². The Morgan fingerprint density at radius 2 is 0.844 bits per heavy atom. The molecule has 0 radical (unpaired) electrons. The summed E-state index contributed by atoms with van der Waals surface area (Å²) in [5, 5.41) is 0. The van der Waals surface area contributed by atoms with Gasteiger partial charge in [0, 0.05) is 0 Å². The van der Waals surface area contributed by atoms with Gasteiger partial charge in [-0.3, -0.25) is 9.59 Å². The van der Waals surface area contributed by atoms with Crippen LogP contribution in [0.15, 0.2) is 12.7 Å². The number of hydrogen-bond acceptors (Lipinski definition) is 4. The summed E-state index contributed by atoms with van der Waals surface area (Å²) < 4.78 is 141. The van der Waals surface area contributed by atoms with Crippen LogP contribution in [0.1, 0.15) is 6.42 Å². The van der Waals surface area contributed by atoms with Crippen LogP contribution in [0.2, 0.25) is 0 Å². The van der Waals surface area contributed by atoms with Crippen molar-refractivity contribution in [1.82, 2.24) is 0 Å². The quantitative estimate of drug-likeness (QED) is 0.115. The fourth-order valence-corrected chi connectivity index (χ4v) is 2.15. The summed E-state index contributed by atoms with van der Waals surface area (Å²) in [4.78, 5) is 24.1. The molecule has 0 aliphatic rings. The van der Waals surface area contributed by atoms with E-state index in [2.05, 4.69) is 16.1 Å². The smallest absolute Gasteiger partial charge is 0.326 e.